The first-order chi connectivity index (χ1) is 13.6. The van der Waals surface area contributed by atoms with Gasteiger partial charge in [-0.15, -0.1) is 0 Å². The van der Waals surface area contributed by atoms with Gasteiger partial charge in [0.1, 0.15) is 0 Å². The van der Waals surface area contributed by atoms with Gasteiger partial charge in [-0.2, -0.15) is 0 Å². The predicted octanol–water partition coefficient (Wildman–Crippen LogP) is 4.97. The van der Waals surface area contributed by atoms with Crippen LogP contribution in [0.3, 0.4) is 0 Å². The topological polar surface area (TPSA) is 68.3 Å². The Hall–Kier alpha value is -3.06. The third-order valence-electron chi connectivity index (χ3n) is 4.00. The van der Waals surface area contributed by atoms with E-state index in [4.69, 9.17) is 21.7 Å². The highest BCUT2D eigenvalue weighted by Crippen LogP contribution is 2.29. The van der Waals surface area contributed by atoms with E-state index >= 15 is 0 Å². The SMILES string of the molecule is CCCOc1ccc(C(=O)Nc2cccc(-n3cc[nH]c3=S)c2)cc1OCC. The summed E-state index contributed by atoms with van der Waals surface area (Å²) in [6.45, 7) is 5.03. The van der Waals surface area contributed by atoms with Crippen molar-refractivity contribution in [2.45, 2.75) is 20.3 Å². The van der Waals surface area contributed by atoms with Crippen molar-refractivity contribution in [1.29, 1.82) is 0 Å². The quantitative estimate of drug-likeness (QED) is 0.526. The summed E-state index contributed by atoms with van der Waals surface area (Å²) in [5, 5.41) is 2.92. The molecule has 28 heavy (non-hydrogen) atoms. The summed E-state index contributed by atoms with van der Waals surface area (Å²) in [7, 11) is 0. The molecule has 0 bridgehead atoms. The molecule has 0 aliphatic heterocycles. The Morgan fingerprint density at radius 3 is 2.71 bits per heavy atom. The van der Waals surface area contributed by atoms with Crippen molar-refractivity contribution in [1.82, 2.24) is 9.55 Å². The molecule has 0 spiro atoms. The summed E-state index contributed by atoms with van der Waals surface area (Å²) in [5.74, 6) is 0.984. The Balaban J connectivity index is 1.80. The number of H-pyrrole nitrogens is 1. The second kappa shape index (κ2) is 9.23. The summed E-state index contributed by atoms with van der Waals surface area (Å²) < 4.78 is 13.7. The van der Waals surface area contributed by atoms with Crippen molar-refractivity contribution < 1.29 is 14.3 Å². The Morgan fingerprint density at radius 2 is 2.00 bits per heavy atom. The lowest BCUT2D eigenvalue weighted by atomic mass is 10.1. The van der Waals surface area contributed by atoms with Gasteiger partial charge in [0.25, 0.3) is 5.91 Å². The molecule has 0 saturated heterocycles. The average molecular weight is 398 g/mol. The zero-order chi connectivity index (χ0) is 19.9. The van der Waals surface area contributed by atoms with Gasteiger partial charge in [-0.05, 0) is 62.0 Å². The molecule has 1 amide bonds. The van der Waals surface area contributed by atoms with E-state index in [0.29, 0.717) is 40.7 Å². The van der Waals surface area contributed by atoms with E-state index in [1.165, 1.54) is 0 Å². The van der Waals surface area contributed by atoms with Gasteiger partial charge in [0.05, 0.1) is 13.2 Å². The van der Waals surface area contributed by atoms with Crippen LogP contribution in [0.1, 0.15) is 30.6 Å². The number of imidazole rings is 1. The number of anilines is 1. The lowest BCUT2D eigenvalue weighted by Crippen LogP contribution is -2.12. The van der Waals surface area contributed by atoms with E-state index in [1.54, 1.807) is 24.4 Å². The number of benzene rings is 2. The Kier molecular flexibility index (Phi) is 6.49. The largest absolute Gasteiger partial charge is 0.490 e. The molecule has 0 aliphatic rings. The smallest absolute Gasteiger partial charge is 0.255 e. The number of carbonyl (C=O) groups excluding carboxylic acids is 1. The van der Waals surface area contributed by atoms with Crippen molar-refractivity contribution in [3.05, 3.63) is 65.2 Å². The molecule has 1 aromatic heterocycles. The Labute approximate surface area is 169 Å². The molecule has 2 aromatic carbocycles. The van der Waals surface area contributed by atoms with Crippen LogP contribution in [-0.2, 0) is 0 Å². The number of nitrogens with zero attached hydrogens (tertiary/aromatic N) is 1. The predicted molar refractivity (Wildman–Crippen MR) is 112 cm³/mol. The molecule has 0 aliphatic carbocycles. The van der Waals surface area contributed by atoms with Crippen LogP contribution in [0.5, 0.6) is 11.5 Å². The molecule has 3 aromatic rings. The molecule has 6 nitrogen and oxygen atoms in total. The van der Waals surface area contributed by atoms with Gasteiger partial charge in [-0.3, -0.25) is 9.36 Å². The van der Waals surface area contributed by atoms with Crippen LogP contribution in [0.4, 0.5) is 5.69 Å². The minimum absolute atomic E-state index is 0.224. The van der Waals surface area contributed by atoms with Gasteiger partial charge in [0, 0.05) is 29.3 Å². The number of carbonyl (C=O) groups is 1. The molecule has 3 rings (SSSR count). The zero-order valence-electron chi connectivity index (χ0n) is 15.9. The van der Waals surface area contributed by atoms with Crippen LogP contribution in [0.25, 0.3) is 5.69 Å². The summed E-state index contributed by atoms with van der Waals surface area (Å²) in [6, 6.07) is 12.7. The highest BCUT2D eigenvalue weighted by Gasteiger charge is 2.12. The van der Waals surface area contributed by atoms with Gasteiger partial charge < -0.3 is 19.8 Å². The maximum absolute atomic E-state index is 12.7. The number of amides is 1. The standard InChI is InChI=1S/C21H23N3O3S/c1-3-12-27-18-9-8-15(13-19(18)26-4-2)20(25)23-16-6-5-7-17(14-16)24-11-10-22-21(24)28/h5-11,13-14H,3-4,12H2,1-2H3,(H,22,28)(H,23,25). The number of hydrogen-bond acceptors (Lipinski definition) is 4. The van der Waals surface area contributed by atoms with Crippen LogP contribution in [0, 0.1) is 4.77 Å². The van der Waals surface area contributed by atoms with Gasteiger partial charge >= 0.3 is 0 Å². The molecule has 0 saturated carbocycles. The van der Waals surface area contributed by atoms with E-state index in [0.717, 1.165) is 12.1 Å². The third-order valence-corrected chi connectivity index (χ3v) is 4.31. The van der Waals surface area contributed by atoms with E-state index in [9.17, 15) is 4.79 Å². The zero-order valence-corrected chi connectivity index (χ0v) is 16.7. The number of nitrogens with one attached hydrogen (secondary N) is 2. The van der Waals surface area contributed by atoms with Crippen LogP contribution < -0.4 is 14.8 Å². The molecule has 1 heterocycles. The van der Waals surface area contributed by atoms with Crippen LogP contribution in [-0.4, -0.2) is 28.7 Å². The maximum atomic E-state index is 12.7. The number of aromatic nitrogens is 2. The minimum Gasteiger partial charge on any atom is -0.490 e. The molecule has 0 fully saturated rings. The first kappa shape index (κ1) is 19.7. The molecule has 0 unspecified atom stereocenters. The van der Waals surface area contributed by atoms with E-state index in [2.05, 4.69) is 10.3 Å². The second-order valence-electron chi connectivity index (χ2n) is 6.08. The number of aromatic amines is 1. The van der Waals surface area contributed by atoms with Gasteiger partial charge in [-0.1, -0.05) is 13.0 Å². The van der Waals surface area contributed by atoms with E-state index < -0.39 is 0 Å². The van der Waals surface area contributed by atoms with Crippen molar-refractivity contribution in [2.24, 2.45) is 0 Å². The molecule has 2 N–H and O–H groups in total. The van der Waals surface area contributed by atoms with Crippen molar-refractivity contribution in [3.63, 3.8) is 0 Å². The lowest BCUT2D eigenvalue weighted by molar-refractivity contribution is 0.102. The van der Waals surface area contributed by atoms with Crippen LogP contribution in [0.2, 0.25) is 0 Å². The summed E-state index contributed by atoms with van der Waals surface area (Å²) in [4.78, 5) is 15.7. The van der Waals surface area contributed by atoms with Gasteiger partial charge in [0.2, 0.25) is 0 Å². The second-order valence-corrected chi connectivity index (χ2v) is 6.47. The van der Waals surface area contributed by atoms with E-state index in [-0.39, 0.29) is 5.91 Å². The molecule has 146 valence electrons. The first-order valence-corrected chi connectivity index (χ1v) is 9.60. The van der Waals surface area contributed by atoms with Crippen LogP contribution >= 0.6 is 12.2 Å². The molecule has 7 heteroatoms. The van der Waals surface area contributed by atoms with Crippen LogP contribution in [0.15, 0.2) is 54.9 Å². The summed E-state index contributed by atoms with van der Waals surface area (Å²) >= 11 is 5.25. The van der Waals surface area contributed by atoms with Crippen molar-refractivity contribution in [2.75, 3.05) is 18.5 Å². The van der Waals surface area contributed by atoms with Gasteiger partial charge in [0.15, 0.2) is 16.3 Å². The highest BCUT2D eigenvalue weighted by molar-refractivity contribution is 7.71. The normalized spacial score (nSPS) is 10.5. The maximum Gasteiger partial charge on any atom is 0.255 e. The average Bonchev–Trinajstić information content (AvgIpc) is 3.13. The lowest BCUT2D eigenvalue weighted by Gasteiger charge is -2.13. The Morgan fingerprint density at radius 1 is 1.14 bits per heavy atom. The van der Waals surface area contributed by atoms with Crippen molar-refractivity contribution >= 4 is 23.8 Å². The highest BCUT2D eigenvalue weighted by atomic mass is 32.1. The monoisotopic (exact) mass is 397 g/mol. The molecule has 0 radical (unpaired) electrons. The first-order valence-electron chi connectivity index (χ1n) is 9.19. The number of rotatable bonds is 8. The number of ether oxygens (including phenoxy) is 2. The fourth-order valence-corrected chi connectivity index (χ4v) is 2.94. The molecular formula is C21H23N3O3S. The van der Waals surface area contributed by atoms with Crippen molar-refractivity contribution in [3.8, 4) is 17.2 Å². The Bertz CT molecular complexity index is 1010. The minimum atomic E-state index is -0.224. The fourth-order valence-electron chi connectivity index (χ4n) is 2.71. The molecule has 0 atom stereocenters. The summed E-state index contributed by atoms with van der Waals surface area (Å²) in [6.07, 6.45) is 4.51. The van der Waals surface area contributed by atoms with E-state index in [1.807, 2.05) is 48.9 Å². The fraction of sp³-hybridized carbons (Fsp3) is 0.238. The summed E-state index contributed by atoms with van der Waals surface area (Å²) in [5.41, 5.74) is 2.04. The number of hydrogen-bond donors (Lipinski definition) is 2. The third kappa shape index (κ3) is 4.61. The molecular weight excluding hydrogens is 374 g/mol. The van der Waals surface area contributed by atoms with Gasteiger partial charge in [-0.25, -0.2) is 0 Å².